The number of fused-ring (bicyclic) bond motifs is 5. The Balaban J connectivity index is 1.30. The average molecular weight is 531 g/mol. The second-order valence-electron chi connectivity index (χ2n) is 9.63. The first-order valence-electron chi connectivity index (χ1n) is 12.2. The highest BCUT2D eigenvalue weighted by atomic mass is 32.2. The maximum Gasteiger partial charge on any atom is 0.230 e. The maximum atomic E-state index is 12.5. The van der Waals surface area contributed by atoms with Crippen molar-refractivity contribution < 1.29 is 13.9 Å². The lowest BCUT2D eigenvalue weighted by Gasteiger charge is -2.32. The van der Waals surface area contributed by atoms with Crippen LogP contribution in [-0.2, 0) is 29.0 Å². The van der Waals surface area contributed by atoms with Crippen molar-refractivity contribution in [3.05, 3.63) is 71.7 Å². The third kappa shape index (κ3) is 4.86. The van der Waals surface area contributed by atoms with Crippen molar-refractivity contribution in [2.45, 2.75) is 43.9 Å². The minimum atomic E-state index is -0.293. The number of hydrogen-bond donors (Lipinski definition) is 1. The molecule has 0 spiro atoms. The van der Waals surface area contributed by atoms with Gasteiger partial charge in [0.15, 0.2) is 5.76 Å². The van der Waals surface area contributed by atoms with Crippen LogP contribution in [0.2, 0.25) is 0 Å². The molecule has 0 atom stereocenters. The molecule has 1 aliphatic heterocycles. The monoisotopic (exact) mass is 530 g/mol. The molecule has 0 unspecified atom stereocenters. The normalized spacial score (nSPS) is 14.6. The number of thioether (sulfide) groups is 1. The zero-order valence-electron chi connectivity index (χ0n) is 20.6. The van der Waals surface area contributed by atoms with Crippen molar-refractivity contribution >= 4 is 49.4 Å². The first-order valence-corrected chi connectivity index (χ1v) is 14.0. The van der Waals surface area contributed by atoms with Gasteiger partial charge in [-0.05, 0) is 43.5 Å². The second-order valence-corrected chi connectivity index (χ2v) is 11.6. The van der Waals surface area contributed by atoms with E-state index in [-0.39, 0.29) is 11.5 Å². The van der Waals surface area contributed by atoms with Gasteiger partial charge >= 0.3 is 0 Å². The average Bonchev–Trinajstić information content (AvgIpc) is 3.55. The second kappa shape index (κ2) is 9.89. The fourth-order valence-corrected chi connectivity index (χ4v) is 6.75. The van der Waals surface area contributed by atoms with Gasteiger partial charge in [-0.15, -0.1) is 11.3 Å². The van der Waals surface area contributed by atoms with Crippen LogP contribution in [0.15, 0.2) is 64.5 Å². The molecule has 1 aromatic carbocycles. The number of rotatable bonds is 7. The van der Waals surface area contributed by atoms with Crippen molar-refractivity contribution in [2.24, 2.45) is 0 Å². The summed E-state index contributed by atoms with van der Waals surface area (Å²) in [7, 11) is 0. The number of amides is 1. The molecule has 1 amide bonds. The van der Waals surface area contributed by atoms with Crippen LogP contribution in [0.4, 0.5) is 0 Å². The van der Waals surface area contributed by atoms with Crippen LogP contribution in [0.25, 0.3) is 31.9 Å². The van der Waals surface area contributed by atoms with Gasteiger partial charge in [0.2, 0.25) is 5.91 Å². The number of nitrogens with one attached hydrogen (secondary N) is 1. The maximum absolute atomic E-state index is 12.5. The number of aromatic nitrogens is 3. The lowest BCUT2D eigenvalue weighted by atomic mass is 9.89. The van der Waals surface area contributed by atoms with E-state index in [0.717, 1.165) is 55.3 Å². The van der Waals surface area contributed by atoms with Gasteiger partial charge in [0.05, 0.1) is 34.4 Å². The molecule has 0 saturated heterocycles. The summed E-state index contributed by atoms with van der Waals surface area (Å²) in [5, 5.41) is 4.86. The summed E-state index contributed by atoms with van der Waals surface area (Å²) < 4.78 is 12.8. The van der Waals surface area contributed by atoms with Crippen LogP contribution in [0.1, 0.15) is 30.5 Å². The van der Waals surface area contributed by atoms with Gasteiger partial charge in [0.25, 0.3) is 0 Å². The van der Waals surface area contributed by atoms with Crippen LogP contribution >= 0.6 is 23.1 Å². The first-order chi connectivity index (χ1) is 18.0. The summed E-state index contributed by atoms with van der Waals surface area (Å²) in [4.78, 5) is 27.6. The smallest absolute Gasteiger partial charge is 0.230 e. The van der Waals surface area contributed by atoms with Gasteiger partial charge in [-0.25, -0.2) is 15.0 Å². The molecule has 9 heteroatoms. The van der Waals surface area contributed by atoms with E-state index in [4.69, 9.17) is 14.1 Å². The Hall–Kier alpha value is -3.27. The van der Waals surface area contributed by atoms with Gasteiger partial charge < -0.3 is 14.5 Å². The summed E-state index contributed by atoms with van der Waals surface area (Å²) in [6, 6.07) is 13.9. The number of pyridine rings is 1. The quantitative estimate of drug-likeness (QED) is 0.210. The van der Waals surface area contributed by atoms with E-state index in [0.29, 0.717) is 18.9 Å². The Morgan fingerprint density at radius 2 is 2.00 bits per heavy atom. The fourth-order valence-electron chi connectivity index (χ4n) is 4.68. The Morgan fingerprint density at radius 3 is 2.81 bits per heavy atom. The molecule has 188 valence electrons. The third-order valence-electron chi connectivity index (χ3n) is 6.47. The summed E-state index contributed by atoms with van der Waals surface area (Å²) in [6.45, 7) is 5.29. The molecule has 4 aromatic heterocycles. The van der Waals surface area contributed by atoms with Crippen LogP contribution in [-0.4, -0.2) is 38.8 Å². The summed E-state index contributed by atoms with van der Waals surface area (Å²) in [5.74, 6) is 1.01. The Labute approximate surface area is 222 Å². The number of carbonyl (C=O) groups is 1. The van der Waals surface area contributed by atoms with Crippen molar-refractivity contribution in [3.8, 4) is 11.5 Å². The largest absolute Gasteiger partial charge is 0.463 e. The van der Waals surface area contributed by atoms with Crippen LogP contribution in [0, 0.1) is 0 Å². The highest BCUT2D eigenvalue weighted by Gasteiger charge is 2.32. The van der Waals surface area contributed by atoms with E-state index < -0.39 is 0 Å². The Kier molecular flexibility index (Phi) is 6.44. The van der Waals surface area contributed by atoms with Crippen LogP contribution < -0.4 is 5.32 Å². The molecule has 5 heterocycles. The SMILES string of the molecule is CC1(C)Cc2c(c(-c3ccco3)nc3sc4c(SCC(=O)NCCc5ccccc5)ncnc4c23)CO1. The minimum absolute atomic E-state index is 0.0108. The molecule has 37 heavy (non-hydrogen) atoms. The number of carbonyl (C=O) groups excluding carboxylic acids is 1. The van der Waals surface area contributed by atoms with Crippen LogP contribution in [0.5, 0.6) is 0 Å². The van der Waals surface area contributed by atoms with E-state index in [2.05, 4.69) is 41.3 Å². The molecule has 0 radical (unpaired) electrons. The number of furan rings is 1. The Bertz CT molecular complexity index is 1580. The Morgan fingerprint density at radius 1 is 1.14 bits per heavy atom. The molecule has 6 rings (SSSR count). The molecule has 0 bridgehead atoms. The molecule has 0 saturated carbocycles. The van der Waals surface area contributed by atoms with E-state index in [1.54, 1.807) is 23.9 Å². The van der Waals surface area contributed by atoms with Crippen molar-refractivity contribution in [2.75, 3.05) is 12.3 Å². The predicted octanol–water partition coefficient (Wildman–Crippen LogP) is 5.80. The van der Waals surface area contributed by atoms with E-state index in [1.165, 1.54) is 22.9 Å². The van der Waals surface area contributed by atoms with Crippen molar-refractivity contribution in [3.63, 3.8) is 0 Å². The fraction of sp³-hybridized carbons (Fsp3) is 0.286. The number of thiophene rings is 1. The molecular weight excluding hydrogens is 504 g/mol. The predicted molar refractivity (Wildman–Crippen MR) is 147 cm³/mol. The number of nitrogens with zero attached hydrogens (tertiary/aromatic N) is 3. The minimum Gasteiger partial charge on any atom is -0.463 e. The van der Waals surface area contributed by atoms with Gasteiger partial charge in [0.1, 0.15) is 21.9 Å². The van der Waals surface area contributed by atoms with Crippen molar-refractivity contribution in [1.29, 1.82) is 0 Å². The summed E-state index contributed by atoms with van der Waals surface area (Å²) in [5.41, 5.74) is 4.86. The highest BCUT2D eigenvalue weighted by molar-refractivity contribution is 8.00. The van der Waals surface area contributed by atoms with Crippen molar-refractivity contribution in [1.82, 2.24) is 20.3 Å². The van der Waals surface area contributed by atoms with Crippen LogP contribution in [0.3, 0.4) is 0 Å². The number of benzene rings is 1. The lowest BCUT2D eigenvalue weighted by molar-refractivity contribution is -0.118. The van der Waals surface area contributed by atoms with Gasteiger partial charge in [0, 0.05) is 23.9 Å². The number of ether oxygens (including phenoxy) is 1. The van der Waals surface area contributed by atoms with E-state index >= 15 is 0 Å². The van der Waals surface area contributed by atoms with E-state index in [1.807, 2.05) is 30.3 Å². The number of hydrogen-bond acceptors (Lipinski definition) is 8. The molecule has 1 N–H and O–H groups in total. The summed E-state index contributed by atoms with van der Waals surface area (Å²) in [6.07, 6.45) is 4.80. The molecular formula is C28H26N4O3S2. The first kappa shape index (κ1) is 24.1. The van der Waals surface area contributed by atoms with E-state index in [9.17, 15) is 4.79 Å². The molecule has 1 aliphatic rings. The molecule has 7 nitrogen and oxygen atoms in total. The lowest BCUT2D eigenvalue weighted by Crippen LogP contribution is -2.32. The topological polar surface area (TPSA) is 90.1 Å². The van der Waals surface area contributed by atoms with Gasteiger partial charge in [-0.1, -0.05) is 42.1 Å². The molecule has 0 fully saturated rings. The van der Waals surface area contributed by atoms with Gasteiger partial charge in [-0.3, -0.25) is 4.79 Å². The van der Waals surface area contributed by atoms with Gasteiger partial charge in [-0.2, -0.15) is 0 Å². The zero-order chi connectivity index (χ0) is 25.4. The molecule has 0 aliphatic carbocycles. The third-order valence-corrected chi connectivity index (χ3v) is 8.67. The standard InChI is InChI=1S/C28H26N4O3S2/c1-28(2)13-18-19(14-35-28)23(20-9-6-12-34-20)32-26-22(18)24-25(37-26)27(31-16-30-24)36-15-21(33)29-11-10-17-7-4-3-5-8-17/h3-9,12,16H,10-11,13-15H2,1-2H3,(H,29,33). The highest BCUT2D eigenvalue weighted by Crippen LogP contribution is 2.44. The molecule has 5 aromatic rings. The summed E-state index contributed by atoms with van der Waals surface area (Å²) >= 11 is 3.00. The zero-order valence-corrected chi connectivity index (χ0v) is 22.2.